The van der Waals surface area contributed by atoms with Gasteiger partial charge in [-0.25, -0.2) is 4.39 Å². The van der Waals surface area contributed by atoms with Gasteiger partial charge in [0.25, 0.3) is 11.6 Å². The second-order valence-electron chi connectivity index (χ2n) is 5.14. The van der Waals surface area contributed by atoms with E-state index in [-0.39, 0.29) is 11.6 Å². The van der Waals surface area contributed by atoms with Crippen molar-refractivity contribution in [3.63, 3.8) is 0 Å². The molecule has 7 heteroatoms. The minimum Gasteiger partial charge on any atom is -0.337 e. The van der Waals surface area contributed by atoms with E-state index in [0.29, 0.717) is 19.0 Å². The molecule has 1 saturated heterocycles. The Bertz CT molecular complexity index is 550. The summed E-state index contributed by atoms with van der Waals surface area (Å²) in [6.45, 7) is 2.92. The van der Waals surface area contributed by atoms with Crippen LogP contribution in [0.5, 0.6) is 0 Å². The minimum atomic E-state index is -0.794. The zero-order chi connectivity index (χ0) is 14.9. The Morgan fingerprint density at radius 1 is 1.50 bits per heavy atom. The van der Waals surface area contributed by atoms with Crippen molar-refractivity contribution in [2.24, 2.45) is 11.7 Å². The minimum absolute atomic E-state index is 0.0153. The molecule has 0 radical (unpaired) electrons. The Morgan fingerprint density at radius 2 is 2.20 bits per heavy atom. The van der Waals surface area contributed by atoms with Crippen LogP contribution in [-0.4, -0.2) is 34.9 Å². The molecule has 1 amide bonds. The molecule has 20 heavy (non-hydrogen) atoms. The van der Waals surface area contributed by atoms with Crippen LogP contribution < -0.4 is 5.73 Å². The molecule has 2 atom stereocenters. The van der Waals surface area contributed by atoms with E-state index in [1.165, 1.54) is 4.90 Å². The number of benzene rings is 1. The number of nitrogens with zero attached hydrogens (tertiary/aromatic N) is 2. The summed E-state index contributed by atoms with van der Waals surface area (Å²) in [6.07, 6.45) is 0.768. The number of nitrogens with two attached hydrogens (primary N) is 1. The number of piperidine rings is 1. The molecule has 2 N–H and O–H groups in total. The molecule has 0 aromatic heterocycles. The second-order valence-corrected chi connectivity index (χ2v) is 5.14. The maximum Gasteiger partial charge on any atom is 0.273 e. The Kier molecular flexibility index (Phi) is 3.99. The highest BCUT2D eigenvalue weighted by molar-refractivity contribution is 5.95. The van der Waals surface area contributed by atoms with Gasteiger partial charge in [0.1, 0.15) is 5.82 Å². The zero-order valence-corrected chi connectivity index (χ0v) is 11.1. The van der Waals surface area contributed by atoms with E-state index in [1.54, 1.807) is 0 Å². The van der Waals surface area contributed by atoms with Crippen LogP contribution in [0.3, 0.4) is 0 Å². The number of hydrogen-bond donors (Lipinski definition) is 1. The van der Waals surface area contributed by atoms with Crippen molar-refractivity contribution in [3.05, 3.63) is 39.7 Å². The first-order valence-electron chi connectivity index (χ1n) is 6.38. The molecule has 1 aromatic rings. The molecule has 0 aliphatic carbocycles. The van der Waals surface area contributed by atoms with Gasteiger partial charge in [-0.1, -0.05) is 6.92 Å². The van der Waals surface area contributed by atoms with Crippen molar-refractivity contribution in [3.8, 4) is 0 Å². The first-order valence-corrected chi connectivity index (χ1v) is 6.38. The average molecular weight is 281 g/mol. The van der Waals surface area contributed by atoms with Crippen molar-refractivity contribution in [1.82, 2.24) is 4.90 Å². The third-order valence-electron chi connectivity index (χ3n) is 3.64. The Morgan fingerprint density at radius 3 is 2.80 bits per heavy atom. The fraction of sp³-hybridized carbons (Fsp3) is 0.462. The highest BCUT2D eigenvalue weighted by Crippen LogP contribution is 2.21. The van der Waals surface area contributed by atoms with Crippen molar-refractivity contribution in [2.45, 2.75) is 19.4 Å². The largest absolute Gasteiger partial charge is 0.337 e. The number of likely N-dealkylation sites (tertiary alicyclic amines) is 1. The van der Waals surface area contributed by atoms with E-state index < -0.39 is 22.3 Å². The Labute approximate surface area is 115 Å². The molecule has 1 aliphatic rings. The van der Waals surface area contributed by atoms with E-state index in [2.05, 4.69) is 0 Å². The normalized spacial score (nSPS) is 22.6. The monoisotopic (exact) mass is 281 g/mol. The molecular formula is C13H16FN3O3. The number of carbonyl (C=O) groups excluding carboxylic acids is 1. The van der Waals surface area contributed by atoms with E-state index in [4.69, 9.17) is 5.73 Å². The molecule has 0 saturated carbocycles. The summed E-state index contributed by atoms with van der Waals surface area (Å²) < 4.78 is 13.4. The van der Waals surface area contributed by atoms with Crippen molar-refractivity contribution >= 4 is 11.6 Å². The van der Waals surface area contributed by atoms with Crippen LogP contribution in [0, 0.1) is 21.8 Å². The highest BCUT2D eigenvalue weighted by Gasteiger charge is 2.28. The molecule has 0 spiro atoms. The number of hydrogen-bond acceptors (Lipinski definition) is 4. The molecule has 1 heterocycles. The number of non-ortho nitro benzene ring substituents is 1. The fourth-order valence-electron chi connectivity index (χ4n) is 2.27. The van der Waals surface area contributed by atoms with Crippen molar-refractivity contribution in [1.29, 1.82) is 0 Å². The number of nitro benzene ring substituents is 1. The lowest BCUT2D eigenvalue weighted by atomic mass is 9.94. The van der Waals surface area contributed by atoms with Gasteiger partial charge >= 0.3 is 0 Å². The van der Waals surface area contributed by atoms with Gasteiger partial charge in [-0.2, -0.15) is 0 Å². The van der Waals surface area contributed by atoms with Crippen molar-refractivity contribution in [2.75, 3.05) is 13.1 Å². The van der Waals surface area contributed by atoms with Crippen molar-refractivity contribution < 1.29 is 14.1 Å². The highest BCUT2D eigenvalue weighted by atomic mass is 19.1. The van der Waals surface area contributed by atoms with Crippen LogP contribution in [-0.2, 0) is 0 Å². The number of rotatable bonds is 2. The van der Waals surface area contributed by atoms with E-state index in [1.807, 2.05) is 6.92 Å². The number of carbonyl (C=O) groups is 1. The van der Waals surface area contributed by atoms with Gasteiger partial charge in [-0.05, 0) is 18.4 Å². The van der Waals surface area contributed by atoms with Crippen LogP contribution >= 0.6 is 0 Å². The predicted octanol–water partition coefficient (Wildman–Crippen LogP) is 1.54. The maximum absolute atomic E-state index is 13.4. The lowest BCUT2D eigenvalue weighted by Gasteiger charge is -2.35. The summed E-state index contributed by atoms with van der Waals surface area (Å²) in [4.78, 5) is 23.8. The van der Waals surface area contributed by atoms with Crippen LogP contribution in [0.2, 0.25) is 0 Å². The van der Waals surface area contributed by atoms with E-state index >= 15 is 0 Å². The molecule has 2 unspecified atom stereocenters. The number of nitro groups is 1. The standard InChI is InChI=1S/C13H16FN3O3/c1-8-2-3-16(7-12(8)15)13(18)9-4-10(14)6-11(5-9)17(19)20/h4-6,8,12H,2-3,7,15H2,1H3. The quantitative estimate of drug-likeness (QED) is 0.657. The maximum atomic E-state index is 13.4. The third kappa shape index (κ3) is 2.93. The van der Waals surface area contributed by atoms with Gasteiger partial charge in [0.05, 0.1) is 11.0 Å². The summed E-state index contributed by atoms with van der Waals surface area (Å²) in [5.74, 6) is -0.895. The summed E-state index contributed by atoms with van der Waals surface area (Å²) in [5.41, 5.74) is 5.47. The van der Waals surface area contributed by atoms with Gasteiger partial charge in [0.2, 0.25) is 0 Å². The molecule has 108 valence electrons. The Balaban J connectivity index is 2.23. The number of amides is 1. The van der Waals surface area contributed by atoms with Crippen LogP contribution in [0.25, 0.3) is 0 Å². The lowest BCUT2D eigenvalue weighted by Crippen LogP contribution is -2.49. The van der Waals surface area contributed by atoms with Crippen LogP contribution in [0.1, 0.15) is 23.7 Å². The fourth-order valence-corrected chi connectivity index (χ4v) is 2.27. The first kappa shape index (κ1) is 14.4. The topological polar surface area (TPSA) is 89.5 Å². The van der Waals surface area contributed by atoms with Gasteiger partial charge in [-0.3, -0.25) is 14.9 Å². The molecule has 2 rings (SSSR count). The van der Waals surface area contributed by atoms with Crippen LogP contribution in [0.15, 0.2) is 18.2 Å². The molecule has 1 aliphatic heterocycles. The van der Waals surface area contributed by atoms with Gasteiger partial charge in [-0.15, -0.1) is 0 Å². The molecule has 6 nitrogen and oxygen atoms in total. The van der Waals surface area contributed by atoms with E-state index in [0.717, 1.165) is 24.6 Å². The number of halogens is 1. The average Bonchev–Trinajstić information content (AvgIpc) is 2.40. The van der Waals surface area contributed by atoms with Gasteiger partial charge in [0, 0.05) is 30.8 Å². The molecular weight excluding hydrogens is 265 g/mol. The molecule has 0 bridgehead atoms. The third-order valence-corrected chi connectivity index (χ3v) is 3.64. The SMILES string of the molecule is CC1CCN(C(=O)c2cc(F)cc([N+](=O)[O-])c2)CC1N. The van der Waals surface area contributed by atoms with Gasteiger partial charge < -0.3 is 10.6 Å². The molecule has 1 aromatic carbocycles. The summed E-state index contributed by atoms with van der Waals surface area (Å²) in [6, 6.07) is 2.77. The van der Waals surface area contributed by atoms with Crippen LogP contribution in [0.4, 0.5) is 10.1 Å². The smallest absolute Gasteiger partial charge is 0.273 e. The lowest BCUT2D eigenvalue weighted by molar-refractivity contribution is -0.385. The summed E-state index contributed by atoms with van der Waals surface area (Å²) in [5, 5.41) is 10.7. The predicted molar refractivity (Wildman–Crippen MR) is 70.7 cm³/mol. The summed E-state index contributed by atoms with van der Waals surface area (Å²) in [7, 11) is 0. The van der Waals surface area contributed by atoms with Gasteiger partial charge in [0.15, 0.2) is 0 Å². The Hall–Kier alpha value is -2.02. The zero-order valence-electron chi connectivity index (χ0n) is 11.1. The molecule has 1 fully saturated rings. The first-order chi connectivity index (χ1) is 9.38. The van der Waals surface area contributed by atoms with E-state index in [9.17, 15) is 19.3 Å². The summed E-state index contributed by atoms with van der Waals surface area (Å²) >= 11 is 0. The second kappa shape index (κ2) is 5.54.